The van der Waals surface area contributed by atoms with Gasteiger partial charge < -0.3 is 15.4 Å². The Morgan fingerprint density at radius 2 is 1.70 bits per heavy atom. The van der Waals surface area contributed by atoms with Crippen molar-refractivity contribution in [1.29, 1.82) is 10.8 Å². The molecule has 0 bridgehead atoms. The van der Waals surface area contributed by atoms with Crippen LogP contribution in [0.3, 0.4) is 0 Å². The Morgan fingerprint density at radius 1 is 1.13 bits per heavy atom. The van der Waals surface area contributed by atoms with Gasteiger partial charge in [0.05, 0.1) is 5.60 Å². The fraction of sp³-hybridized carbons (Fsp3) is 0.474. The van der Waals surface area contributed by atoms with Crippen LogP contribution in [0.15, 0.2) is 42.5 Å². The molecule has 0 atom stereocenters. The maximum atomic E-state index is 10.7. The highest BCUT2D eigenvalue weighted by Gasteiger charge is 2.32. The summed E-state index contributed by atoms with van der Waals surface area (Å²) in [6, 6.07) is 10.1. The molecule has 4 heteroatoms. The van der Waals surface area contributed by atoms with Crippen molar-refractivity contribution in [2.24, 2.45) is 0 Å². The zero-order valence-electron chi connectivity index (χ0n) is 14.5. The van der Waals surface area contributed by atoms with E-state index in [4.69, 9.17) is 10.8 Å². The molecule has 0 radical (unpaired) electrons. The second-order valence-electron chi connectivity index (χ2n) is 5.78. The Labute approximate surface area is 139 Å². The van der Waals surface area contributed by atoms with Gasteiger partial charge in [-0.25, -0.2) is 0 Å². The number of likely N-dealkylation sites (tertiary alicyclic amines) is 1. The lowest BCUT2D eigenvalue weighted by molar-refractivity contribution is -0.00683. The van der Waals surface area contributed by atoms with E-state index in [0.717, 1.165) is 5.56 Å². The highest BCUT2D eigenvalue weighted by molar-refractivity contribution is 5.99. The summed E-state index contributed by atoms with van der Waals surface area (Å²) in [5, 5.41) is 26.0. The number of nitrogens with one attached hydrogen (secondary N) is 2. The van der Waals surface area contributed by atoms with Crippen molar-refractivity contribution in [2.45, 2.75) is 45.6 Å². The fourth-order valence-corrected chi connectivity index (χ4v) is 2.63. The molecule has 0 amide bonds. The SMILES string of the molecule is CC.CC(=N)/C=C\C(=N)N1CCC(O)(Cc2ccccc2)CC1. The first kappa shape index (κ1) is 19.1. The first-order valence-corrected chi connectivity index (χ1v) is 8.32. The number of benzene rings is 1. The fourth-order valence-electron chi connectivity index (χ4n) is 2.63. The molecule has 1 fully saturated rings. The molecule has 0 aliphatic carbocycles. The second-order valence-corrected chi connectivity index (χ2v) is 5.78. The minimum Gasteiger partial charge on any atom is -0.389 e. The number of aliphatic hydroxyl groups is 1. The number of hydrogen-bond donors (Lipinski definition) is 3. The highest BCUT2D eigenvalue weighted by Crippen LogP contribution is 2.26. The smallest absolute Gasteiger partial charge is 0.120 e. The summed E-state index contributed by atoms with van der Waals surface area (Å²) in [5.41, 5.74) is 0.930. The molecule has 0 unspecified atom stereocenters. The van der Waals surface area contributed by atoms with Crippen LogP contribution in [0.5, 0.6) is 0 Å². The molecular weight excluding hydrogens is 286 g/mol. The van der Waals surface area contributed by atoms with Crippen LogP contribution in [0.2, 0.25) is 0 Å². The molecule has 0 spiro atoms. The summed E-state index contributed by atoms with van der Waals surface area (Å²) >= 11 is 0. The van der Waals surface area contributed by atoms with Gasteiger partial charge in [0, 0.05) is 25.2 Å². The van der Waals surface area contributed by atoms with Gasteiger partial charge >= 0.3 is 0 Å². The predicted molar refractivity (Wildman–Crippen MR) is 97.5 cm³/mol. The molecular formula is C19H29N3O. The molecule has 1 heterocycles. The number of nitrogens with zero attached hydrogens (tertiary/aromatic N) is 1. The lowest BCUT2D eigenvalue weighted by atomic mass is 9.85. The van der Waals surface area contributed by atoms with Gasteiger partial charge in [-0.3, -0.25) is 5.41 Å². The number of piperidine rings is 1. The zero-order chi connectivity index (χ0) is 17.3. The normalized spacial score (nSPS) is 16.6. The third-order valence-corrected chi connectivity index (χ3v) is 3.90. The van der Waals surface area contributed by atoms with E-state index < -0.39 is 5.60 Å². The van der Waals surface area contributed by atoms with Crippen molar-refractivity contribution in [2.75, 3.05) is 13.1 Å². The predicted octanol–water partition coefficient (Wildman–Crippen LogP) is 3.66. The van der Waals surface area contributed by atoms with Crippen LogP contribution >= 0.6 is 0 Å². The molecule has 1 aromatic rings. The molecule has 4 nitrogen and oxygen atoms in total. The largest absolute Gasteiger partial charge is 0.389 e. The van der Waals surface area contributed by atoms with Crippen LogP contribution in [0.25, 0.3) is 0 Å². The lowest BCUT2D eigenvalue weighted by Gasteiger charge is -2.39. The van der Waals surface area contributed by atoms with E-state index in [1.165, 1.54) is 0 Å². The first-order chi connectivity index (χ1) is 11.0. The van der Waals surface area contributed by atoms with E-state index in [0.29, 0.717) is 43.9 Å². The van der Waals surface area contributed by atoms with E-state index in [1.807, 2.05) is 49.1 Å². The summed E-state index contributed by atoms with van der Waals surface area (Å²) in [6.07, 6.45) is 5.30. The van der Waals surface area contributed by atoms with Crippen molar-refractivity contribution < 1.29 is 5.11 Å². The topological polar surface area (TPSA) is 71.2 Å². The molecule has 0 saturated carbocycles. The van der Waals surface area contributed by atoms with Crippen LogP contribution in [-0.2, 0) is 6.42 Å². The van der Waals surface area contributed by atoms with Crippen LogP contribution in [0, 0.1) is 10.8 Å². The lowest BCUT2D eigenvalue weighted by Crippen LogP contribution is -2.47. The molecule has 1 aromatic carbocycles. The average Bonchev–Trinajstić information content (AvgIpc) is 2.56. The van der Waals surface area contributed by atoms with Gasteiger partial charge in [-0.2, -0.15) is 0 Å². The number of allylic oxidation sites excluding steroid dienone is 1. The van der Waals surface area contributed by atoms with Crippen LogP contribution in [0.1, 0.15) is 39.2 Å². The van der Waals surface area contributed by atoms with Gasteiger partial charge in [0.1, 0.15) is 5.84 Å². The molecule has 3 N–H and O–H groups in total. The van der Waals surface area contributed by atoms with Crippen molar-refractivity contribution in [3.8, 4) is 0 Å². The Morgan fingerprint density at radius 3 is 2.22 bits per heavy atom. The summed E-state index contributed by atoms with van der Waals surface area (Å²) in [7, 11) is 0. The summed E-state index contributed by atoms with van der Waals surface area (Å²) in [4.78, 5) is 1.96. The Hall–Kier alpha value is -1.94. The van der Waals surface area contributed by atoms with Gasteiger partial charge in [0.25, 0.3) is 0 Å². The molecule has 1 saturated heterocycles. The van der Waals surface area contributed by atoms with Gasteiger partial charge in [-0.1, -0.05) is 44.2 Å². The van der Waals surface area contributed by atoms with Crippen LogP contribution in [-0.4, -0.2) is 40.2 Å². The molecule has 23 heavy (non-hydrogen) atoms. The van der Waals surface area contributed by atoms with Gasteiger partial charge in [-0.05, 0) is 37.5 Å². The van der Waals surface area contributed by atoms with Crippen molar-refractivity contribution in [1.82, 2.24) is 4.90 Å². The zero-order valence-corrected chi connectivity index (χ0v) is 14.5. The van der Waals surface area contributed by atoms with Crippen molar-refractivity contribution >= 4 is 11.5 Å². The first-order valence-electron chi connectivity index (χ1n) is 8.32. The molecule has 0 aromatic heterocycles. The molecule has 1 aliphatic rings. The van der Waals surface area contributed by atoms with Crippen LogP contribution < -0.4 is 0 Å². The van der Waals surface area contributed by atoms with E-state index in [1.54, 1.807) is 19.1 Å². The van der Waals surface area contributed by atoms with Crippen LogP contribution in [0.4, 0.5) is 0 Å². The quantitative estimate of drug-likeness (QED) is 0.586. The number of hydrogen-bond acceptors (Lipinski definition) is 3. The van der Waals surface area contributed by atoms with E-state index >= 15 is 0 Å². The maximum Gasteiger partial charge on any atom is 0.120 e. The maximum absolute atomic E-state index is 10.7. The van der Waals surface area contributed by atoms with E-state index in [2.05, 4.69) is 0 Å². The van der Waals surface area contributed by atoms with E-state index in [9.17, 15) is 5.11 Å². The summed E-state index contributed by atoms with van der Waals surface area (Å²) < 4.78 is 0. The summed E-state index contributed by atoms with van der Waals surface area (Å²) in [5.74, 6) is 0.420. The summed E-state index contributed by atoms with van der Waals surface area (Å²) in [6.45, 7) is 7.06. The minimum atomic E-state index is -0.667. The van der Waals surface area contributed by atoms with Crippen molar-refractivity contribution in [3.05, 3.63) is 48.0 Å². The Balaban J connectivity index is 0.00000127. The minimum absolute atomic E-state index is 0.420. The van der Waals surface area contributed by atoms with Gasteiger partial charge in [0.15, 0.2) is 0 Å². The van der Waals surface area contributed by atoms with Gasteiger partial charge in [-0.15, -0.1) is 0 Å². The Bertz CT molecular complexity index is 529. The molecule has 1 aliphatic heterocycles. The van der Waals surface area contributed by atoms with Crippen molar-refractivity contribution in [3.63, 3.8) is 0 Å². The average molecular weight is 315 g/mol. The monoisotopic (exact) mass is 315 g/mol. The molecule has 2 rings (SSSR count). The second kappa shape index (κ2) is 9.26. The third-order valence-electron chi connectivity index (χ3n) is 3.90. The Kier molecular flexibility index (Phi) is 7.69. The number of rotatable bonds is 4. The standard InChI is InChI=1S/C17H23N3O.C2H6/c1-14(18)7-8-16(19)20-11-9-17(21,10-12-20)13-15-5-3-2-4-6-15;1-2/h2-8,18-19,21H,9-13H2,1H3;1-2H3/b8-7-,18-14?,19-16?;. The highest BCUT2D eigenvalue weighted by atomic mass is 16.3. The number of amidine groups is 1. The third kappa shape index (κ3) is 6.37. The van der Waals surface area contributed by atoms with Gasteiger partial charge in [0.2, 0.25) is 0 Å². The molecule has 126 valence electrons. The van der Waals surface area contributed by atoms with E-state index in [-0.39, 0.29) is 0 Å².